The summed E-state index contributed by atoms with van der Waals surface area (Å²) in [4.78, 5) is 17.7. The summed E-state index contributed by atoms with van der Waals surface area (Å²) < 4.78 is 28.6. The SMILES string of the molecule is Cc1ccc(NS(=O)(=O)c2ccc(C)c(C(=O)N3CCCN(Cc4ccccc4)CC3)c2)cc1. The van der Waals surface area contributed by atoms with Crippen molar-refractivity contribution in [1.82, 2.24) is 9.80 Å². The number of carbonyl (C=O) groups excluding carboxylic acids is 1. The standard InChI is InChI=1S/C27H31N3O3S/c1-21-9-12-24(13-10-21)28-34(32,33)25-14-11-22(2)26(19-25)27(31)30-16-6-15-29(17-18-30)20-23-7-4-3-5-8-23/h3-5,7-14,19,28H,6,15-18,20H2,1-2H3. The Bertz CT molecular complexity index is 1240. The van der Waals surface area contributed by atoms with Crippen molar-refractivity contribution in [2.24, 2.45) is 0 Å². The Labute approximate surface area is 202 Å². The molecule has 0 bridgehead atoms. The van der Waals surface area contributed by atoms with Gasteiger partial charge in [-0.15, -0.1) is 0 Å². The molecular formula is C27H31N3O3S. The third-order valence-corrected chi connectivity index (χ3v) is 7.56. The zero-order valence-corrected chi connectivity index (χ0v) is 20.5. The molecule has 1 saturated heterocycles. The highest BCUT2D eigenvalue weighted by Crippen LogP contribution is 2.21. The molecule has 6 nitrogen and oxygen atoms in total. The lowest BCUT2D eigenvalue weighted by Gasteiger charge is -2.23. The monoisotopic (exact) mass is 477 g/mol. The van der Waals surface area contributed by atoms with Gasteiger partial charge in [-0.05, 0) is 55.7 Å². The molecule has 1 aliphatic heterocycles. The molecule has 1 heterocycles. The van der Waals surface area contributed by atoms with E-state index in [1.165, 1.54) is 11.6 Å². The van der Waals surface area contributed by atoms with Crippen molar-refractivity contribution in [2.45, 2.75) is 31.7 Å². The summed E-state index contributed by atoms with van der Waals surface area (Å²) in [6.07, 6.45) is 0.880. The van der Waals surface area contributed by atoms with Gasteiger partial charge in [0, 0.05) is 44.0 Å². The highest BCUT2D eigenvalue weighted by atomic mass is 32.2. The van der Waals surface area contributed by atoms with E-state index >= 15 is 0 Å². The van der Waals surface area contributed by atoms with Gasteiger partial charge in [0.2, 0.25) is 0 Å². The van der Waals surface area contributed by atoms with Crippen LogP contribution in [0.2, 0.25) is 0 Å². The number of benzene rings is 3. The predicted molar refractivity (Wildman–Crippen MR) is 135 cm³/mol. The first kappa shape index (κ1) is 24.0. The minimum absolute atomic E-state index is 0.0857. The summed E-state index contributed by atoms with van der Waals surface area (Å²) in [5.41, 5.74) is 4.00. The lowest BCUT2D eigenvalue weighted by Crippen LogP contribution is -2.35. The highest BCUT2D eigenvalue weighted by molar-refractivity contribution is 7.92. The van der Waals surface area contributed by atoms with E-state index in [1.54, 1.807) is 24.3 Å². The van der Waals surface area contributed by atoms with E-state index in [4.69, 9.17) is 0 Å². The van der Waals surface area contributed by atoms with E-state index in [9.17, 15) is 13.2 Å². The Morgan fingerprint density at radius 2 is 1.62 bits per heavy atom. The van der Waals surface area contributed by atoms with Crippen molar-refractivity contribution in [1.29, 1.82) is 0 Å². The maximum Gasteiger partial charge on any atom is 0.261 e. The molecule has 178 valence electrons. The van der Waals surface area contributed by atoms with Crippen molar-refractivity contribution >= 4 is 21.6 Å². The fourth-order valence-electron chi connectivity index (χ4n) is 4.18. The number of carbonyl (C=O) groups is 1. The molecule has 34 heavy (non-hydrogen) atoms. The van der Waals surface area contributed by atoms with Gasteiger partial charge in [0.25, 0.3) is 15.9 Å². The fraction of sp³-hybridized carbons (Fsp3) is 0.296. The fourth-order valence-corrected chi connectivity index (χ4v) is 5.26. The number of hydrogen-bond acceptors (Lipinski definition) is 4. The first-order valence-corrected chi connectivity index (χ1v) is 13.1. The molecular weight excluding hydrogens is 446 g/mol. The second-order valence-electron chi connectivity index (χ2n) is 8.86. The van der Waals surface area contributed by atoms with Crippen LogP contribution in [-0.2, 0) is 16.6 Å². The number of amides is 1. The third kappa shape index (κ3) is 5.85. The zero-order valence-electron chi connectivity index (χ0n) is 19.7. The van der Waals surface area contributed by atoms with Gasteiger partial charge in [-0.25, -0.2) is 8.42 Å². The van der Waals surface area contributed by atoms with Gasteiger partial charge in [-0.1, -0.05) is 54.1 Å². The normalized spacial score (nSPS) is 15.1. The molecule has 0 spiro atoms. The predicted octanol–water partition coefficient (Wildman–Crippen LogP) is 4.45. The Morgan fingerprint density at radius 3 is 2.35 bits per heavy atom. The number of rotatable bonds is 6. The third-order valence-electron chi connectivity index (χ3n) is 6.18. The van der Waals surface area contributed by atoms with Crippen LogP contribution in [0.25, 0.3) is 0 Å². The molecule has 1 amide bonds. The average Bonchev–Trinajstić information content (AvgIpc) is 3.06. The minimum atomic E-state index is -3.81. The van der Waals surface area contributed by atoms with Crippen LogP contribution in [0.1, 0.15) is 33.5 Å². The number of anilines is 1. The molecule has 3 aromatic carbocycles. The largest absolute Gasteiger partial charge is 0.337 e. The molecule has 0 radical (unpaired) electrons. The van der Waals surface area contributed by atoms with Gasteiger partial charge in [-0.2, -0.15) is 0 Å². The number of nitrogens with one attached hydrogen (secondary N) is 1. The van der Waals surface area contributed by atoms with Crippen molar-refractivity contribution in [2.75, 3.05) is 30.9 Å². The Balaban J connectivity index is 1.47. The van der Waals surface area contributed by atoms with E-state index in [1.807, 2.05) is 49.1 Å². The molecule has 7 heteroatoms. The molecule has 0 unspecified atom stereocenters. The molecule has 1 N–H and O–H groups in total. The lowest BCUT2D eigenvalue weighted by molar-refractivity contribution is 0.0760. The Hall–Kier alpha value is -3.16. The van der Waals surface area contributed by atoms with Crippen molar-refractivity contribution in [3.8, 4) is 0 Å². The topological polar surface area (TPSA) is 69.7 Å². The van der Waals surface area contributed by atoms with E-state index in [0.29, 0.717) is 24.3 Å². The van der Waals surface area contributed by atoms with Crippen LogP contribution in [0, 0.1) is 13.8 Å². The number of nitrogens with zero attached hydrogens (tertiary/aromatic N) is 2. The van der Waals surface area contributed by atoms with Crippen LogP contribution in [0.4, 0.5) is 5.69 Å². The van der Waals surface area contributed by atoms with E-state index in [0.717, 1.165) is 37.2 Å². The van der Waals surface area contributed by atoms with Crippen LogP contribution in [0.3, 0.4) is 0 Å². The van der Waals surface area contributed by atoms with E-state index < -0.39 is 10.0 Å². The van der Waals surface area contributed by atoms with E-state index in [-0.39, 0.29) is 10.8 Å². The quantitative estimate of drug-likeness (QED) is 0.569. The summed E-state index contributed by atoms with van der Waals surface area (Å²) in [6, 6.07) is 22.2. The van der Waals surface area contributed by atoms with Crippen molar-refractivity contribution in [3.05, 3.63) is 95.1 Å². The number of aryl methyl sites for hydroxylation is 2. The van der Waals surface area contributed by atoms with Crippen LogP contribution < -0.4 is 4.72 Å². The van der Waals surface area contributed by atoms with Crippen LogP contribution in [-0.4, -0.2) is 50.3 Å². The van der Waals surface area contributed by atoms with Crippen LogP contribution in [0.5, 0.6) is 0 Å². The second kappa shape index (κ2) is 10.4. The maximum absolute atomic E-state index is 13.4. The molecule has 1 aliphatic rings. The van der Waals surface area contributed by atoms with Gasteiger partial charge >= 0.3 is 0 Å². The summed E-state index contributed by atoms with van der Waals surface area (Å²) in [5, 5.41) is 0. The summed E-state index contributed by atoms with van der Waals surface area (Å²) in [5.74, 6) is -0.119. The molecule has 0 saturated carbocycles. The number of hydrogen-bond donors (Lipinski definition) is 1. The molecule has 1 fully saturated rings. The molecule has 0 aliphatic carbocycles. The summed E-state index contributed by atoms with van der Waals surface area (Å²) >= 11 is 0. The van der Waals surface area contributed by atoms with Crippen molar-refractivity contribution < 1.29 is 13.2 Å². The molecule has 0 aromatic heterocycles. The maximum atomic E-state index is 13.4. The van der Waals surface area contributed by atoms with Crippen LogP contribution >= 0.6 is 0 Å². The van der Waals surface area contributed by atoms with Crippen LogP contribution in [0.15, 0.2) is 77.7 Å². The number of sulfonamides is 1. The van der Waals surface area contributed by atoms with Gasteiger partial charge in [-0.3, -0.25) is 14.4 Å². The molecule has 4 rings (SSSR count). The first-order valence-electron chi connectivity index (χ1n) is 11.6. The first-order chi connectivity index (χ1) is 16.3. The smallest absolute Gasteiger partial charge is 0.261 e. The van der Waals surface area contributed by atoms with E-state index in [2.05, 4.69) is 21.8 Å². The van der Waals surface area contributed by atoms with Gasteiger partial charge in [0.05, 0.1) is 4.90 Å². The minimum Gasteiger partial charge on any atom is -0.337 e. The van der Waals surface area contributed by atoms with Gasteiger partial charge in [0.15, 0.2) is 0 Å². The van der Waals surface area contributed by atoms with Gasteiger partial charge < -0.3 is 4.90 Å². The lowest BCUT2D eigenvalue weighted by atomic mass is 10.1. The summed E-state index contributed by atoms with van der Waals surface area (Å²) in [6.45, 7) is 7.63. The Kier molecular flexibility index (Phi) is 7.34. The molecule has 0 atom stereocenters. The summed E-state index contributed by atoms with van der Waals surface area (Å²) in [7, 11) is -3.81. The highest BCUT2D eigenvalue weighted by Gasteiger charge is 2.24. The average molecular weight is 478 g/mol. The molecule has 3 aromatic rings. The second-order valence-corrected chi connectivity index (χ2v) is 10.5. The van der Waals surface area contributed by atoms with Gasteiger partial charge in [0.1, 0.15) is 0 Å². The Morgan fingerprint density at radius 1 is 0.882 bits per heavy atom. The zero-order chi connectivity index (χ0) is 24.1. The van der Waals surface area contributed by atoms with Crippen molar-refractivity contribution in [3.63, 3.8) is 0 Å².